The van der Waals surface area contributed by atoms with Crippen molar-refractivity contribution >= 4 is 5.57 Å². The van der Waals surface area contributed by atoms with Crippen molar-refractivity contribution in [1.29, 1.82) is 0 Å². The number of hydrogen-bond donors (Lipinski definition) is 0. The smallest absolute Gasteiger partial charge is 0.0664 e. The molecule has 0 N–H and O–H groups in total. The molecule has 0 unspecified atom stereocenters. The molecule has 0 spiro atoms. The molecule has 1 aromatic heterocycles. The molecule has 1 aromatic carbocycles. The highest BCUT2D eigenvalue weighted by Gasteiger charge is 2.03. The van der Waals surface area contributed by atoms with E-state index in [9.17, 15) is 0 Å². The van der Waals surface area contributed by atoms with Crippen molar-refractivity contribution in [2.24, 2.45) is 0 Å². The second kappa shape index (κ2) is 8.28. The Kier molecular flexibility index (Phi) is 6.10. The maximum Gasteiger partial charge on any atom is 0.0664 e. The molecule has 23 heavy (non-hydrogen) atoms. The number of aromatic nitrogens is 1. The molecule has 0 fully saturated rings. The summed E-state index contributed by atoms with van der Waals surface area (Å²) in [7, 11) is 0. The maximum absolute atomic E-state index is 4.51. The van der Waals surface area contributed by atoms with Crippen molar-refractivity contribution in [3.8, 4) is 11.1 Å². The first-order valence-corrected chi connectivity index (χ1v) is 8.09. The van der Waals surface area contributed by atoms with Gasteiger partial charge in [-0.3, -0.25) is 4.98 Å². The summed E-state index contributed by atoms with van der Waals surface area (Å²) in [5.74, 6) is 0. The van der Waals surface area contributed by atoms with Crippen molar-refractivity contribution in [2.45, 2.75) is 34.1 Å². The molecular formula is C22H25N. The van der Waals surface area contributed by atoms with Gasteiger partial charge in [0.25, 0.3) is 0 Å². The van der Waals surface area contributed by atoms with E-state index >= 15 is 0 Å². The fourth-order valence-electron chi connectivity index (χ4n) is 2.38. The SMILES string of the molecule is CC=C(C)C/C=C\C=C(/C)c1cc(-c2ccccc2C)ccn1. The zero-order valence-corrected chi connectivity index (χ0v) is 14.5. The Morgan fingerprint density at radius 3 is 2.65 bits per heavy atom. The number of pyridine rings is 1. The van der Waals surface area contributed by atoms with E-state index < -0.39 is 0 Å². The minimum atomic E-state index is 0.997. The zero-order valence-electron chi connectivity index (χ0n) is 14.5. The first kappa shape index (κ1) is 17.0. The molecule has 0 saturated carbocycles. The summed E-state index contributed by atoms with van der Waals surface area (Å²) in [4.78, 5) is 4.51. The molecule has 1 heterocycles. The van der Waals surface area contributed by atoms with Crippen LogP contribution < -0.4 is 0 Å². The molecular weight excluding hydrogens is 278 g/mol. The average molecular weight is 303 g/mol. The van der Waals surface area contributed by atoms with Crippen LogP contribution in [0, 0.1) is 6.92 Å². The highest BCUT2D eigenvalue weighted by molar-refractivity contribution is 5.72. The summed E-state index contributed by atoms with van der Waals surface area (Å²) >= 11 is 0. The minimum absolute atomic E-state index is 0.997. The standard InChI is InChI=1S/C22H25N/c1-5-17(2)10-6-7-12-19(4)22-16-20(14-15-23-22)21-13-9-8-11-18(21)3/h5-9,11-16H,10H2,1-4H3/b7-6-,17-5?,19-12+. The first-order chi connectivity index (χ1) is 11.1. The lowest BCUT2D eigenvalue weighted by atomic mass is 10.00. The van der Waals surface area contributed by atoms with Crippen LogP contribution in [-0.4, -0.2) is 4.98 Å². The molecule has 118 valence electrons. The number of hydrogen-bond acceptors (Lipinski definition) is 1. The Morgan fingerprint density at radius 1 is 1.13 bits per heavy atom. The summed E-state index contributed by atoms with van der Waals surface area (Å²) in [5.41, 5.74) is 7.35. The number of benzene rings is 1. The third kappa shape index (κ3) is 4.79. The van der Waals surface area contributed by atoms with E-state index in [4.69, 9.17) is 0 Å². The van der Waals surface area contributed by atoms with E-state index in [1.807, 2.05) is 6.20 Å². The lowest BCUT2D eigenvalue weighted by Gasteiger charge is -2.07. The third-order valence-electron chi connectivity index (χ3n) is 4.03. The van der Waals surface area contributed by atoms with Crippen LogP contribution in [-0.2, 0) is 0 Å². The van der Waals surface area contributed by atoms with Gasteiger partial charge in [-0.15, -0.1) is 0 Å². The van der Waals surface area contributed by atoms with E-state index in [-0.39, 0.29) is 0 Å². The van der Waals surface area contributed by atoms with Crippen molar-refractivity contribution in [2.75, 3.05) is 0 Å². The van der Waals surface area contributed by atoms with Crippen LogP contribution in [0.2, 0.25) is 0 Å². The number of nitrogens with zero attached hydrogens (tertiary/aromatic N) is 1. The number of aryl methyl sites for hydroxylation is 1. The zero-order chi connectivity index (χ0) is 16.7. The highest BCUT2D eigenvalue weighted by Crippen LogP contribution is 2.25. The molecule has 0 aliphatic heterocycles. The largest absolute Gasteiger partial charge is 0.257 e. The number of rotatable bonds is 5. The topological polar surface area (TPSA) is 12.9 Å². The molecule has 0 aliphatic carbocycles. The fourth-order valence-corrected chi connectivity index (χ4v) is 2.38. The minimum Gasteiger partial charge on any atom is -0.257 e. The van der Waals surface area contributed by atoms with Crippen LogP contribution in [0.3, 0.4) is 0 Å². The predicted molar refractivity (Wildman–Crippen MR) is 101 cm³/mol. The van der Waals surface area contributed by atoms with Crippen LogP contribution in [0.25, 0.3) is 16.7 Å². The van der Waals surface area contributed by atoms with E-state index in [2.05, 4.69) is 93.4 Å². The number of allylic oxidation sites excluding steroid dienone is 6. The molecule has 0 saturated heterocycles. The molecule has 0 amide bonds. The summed E-state index contributed by atoms with van der Waals surface area (Å²) in [6.45, 7) is 8.47. The fraction of sp³-hybridized carbons (Fsp3) is 0.227. The lowest BCUT2D eigenvalue weighted by Crippen LogP contribution is -1.89. The van der Waals surface area contributed by atoms with Gasteiger partial charge < -0.3 is 0 Å². The molecule has 1 heteroatoms. The molecule has 0 bridgehead atoms. The van der Waals surface area contributed by atoms with Crippen LogP contribution >= 0.6 is 0 Å². The van der Waals surface area contributed by atoms with Crippen molar-refractivity contribution in [3.05, 3.63) is 83.7 Å². The van der Waals surface area contributed by atoms with Gasteiger partial charge in [0, 0.05) is 6.20 Å². The van der Waals surface area contributed by atoms with Crippen LogP contribution in [0.1, 0.15) is 38.4 Å². The highest BCUT2D eigenvalue weighted by atomic mass is 14.7. The first-order valence-electron chi connectivity index (χ1n) is 8.09. The maximum atomic E-state index is 4.51. The van der Waals surface area contributed by atoms with Crippen LogP contribution in [0.15, 0.2) is 72.5 Å². The lowest BCUT2D eigenvalue weighted by molar-refractivity contribution is 1.20. The second-order valence-electron chi connectivity index (χ2n) is 5.86. The molecule has 2 aromatic rings. The van der Waals surface area contributed by atoms with Crippen molar-refractivity contribution < 1.29 is 0 Å². The Morgan fingerprint density at radius 2 is 1.91 bits per heavy atom. The van der Waals surface area contributed by atoms with Gasteiger partial charge in [0.15, 0.2) is 0 Å². The van der Waals surface area contributed by atoms with Crippen LogP contribution in [0.5, 0.6) is 0 Å². The Hall–Kier alpha value is -2.41. The average Bonchev–Trinajstić information content (AvgIpc) is 2.58. The van der Waals surface area contributed by atoms with E-state index in [1.54, 1.807) is 0 Å². The quantitative estimate of drug-likeness (QED) is 0.462. The van der Waals surface area contributed by atoms with Gasteiger partial charge in [0.05, 0.1) is 5.69 Å². The van der Waals surface area contributed by atoms with Gasteiger partial charge in [-0.2, -0.15) is 0 Å². The van der Waals surface area contributed by atoms with Gasteiger partial charge in [-0.05, 0) is 68.5 Å². The van der Waals surface area contributed by atoms with E-state index in [0.29, 0.717) is 0 Å². The predicted octanol–water partition coefficient (Wildman–Crippen LogP) is 6.37. The summed E-state index contributed by atoms with van der Waals surface area (Å²) in [6, 6.07) is 12.7. The van der Waals surface area contributed by atoms with Gasteiger partial charge in [0.1, 0.15) is 0 Å². The van der Waals surface area contributed by atoms with Crippen molar-refractivity contribution in [3.63, 3.8) is 0 Å². The van der Waals surface area contributed by atoms with Crippen molar-refractivity contribution in [1.82, 2.24) is 4.98 Å². The van der Waals surface area contributed by atoms with E-state index in [1.165, 1.54) is 27.8 Å². The second-order valence-corrected chi connectivity index (χ2v) is 5.86. The molecule has 2 rings (SSSR count). The van der Waals surface area contributed by atoms with Gasteiger partial charge >= 0.3 is 0 Å². The Labute approximate surface area is 140 Å². The van der Waals surface area contributed by atoms with Gasteiger partial charge in [-0.1, -0.05) is 54.1 Å². The van der Waals surface area contributed by atoms with Gasteiger partial charge in [-0.25, -0.2) is 0 Å². The summed E-state index contributed by atoms with van der Waals surface area (Å²) < 4.78 is 0. The third-order valence-corrected chi connectivity index (χ3v) is 4.03. The normalized spacial score (nSPS) is 12.9. The van der Waals surface area contributed by atoms with Gasteiger partial charge in [0.2, 0.25) is 0 Å². The monoisotopic (exact) mass is 303 g/mol. The van der Waals surface area contributed by atoms with Crippen LogP contribution in [0.4, 0.5) is 0 Å². The summed E-state index contributed by atoms with van der Waals surface area (Å²) in [6.07, 6.45) is 11.5. The molecule has 1 nitrogen and oxygen atoms in total. The Balaban J connectivity index is 2.21. The Bertz CT molecular complexity index is 748. The molecule has 0 aliphatic rings. The molecule has 0 radical (unpaired) electrons. The molecule has 0 atom stereocenters. The van der Waals surface area contributed by atoms with E-state index in [0.717, 1.165) is 12.1 Å². The summed E-state index contributed by atoms with van der Waals surface area (Å²) in [5, 5.41) is 0.